The molecule has 7 heteroatoms. The van der Waals surface area contributed by atoms with Crippen LogP contribution in [-0.2, 0) is 5.60 Å². The summed E-state index contributed by atoms with van der Waals surface area (Å²) >= 11 is 5.88. The van der Waals surface area contributed by atoms with Gasteiger partial charge in [0.2, 0.25) is 0 Å². The van der Waals surface area contributed by atoms with E-state index in [1.165, 1.54) is 12.1 Å². The summed E-state index contributed by atoms with van der Waals surface area (Å²) in [5.74, 6) is -3.87. The summed E-state index contributed by atoms with van der Waals surface area (Å²) < 4.78 is 41.7. The van der Waals surface area contributed by atoms with E-state index >= 15 is 0 Å². The molecular weight excluding hydrogens is 391 g/mol. The Morgan fingerprint density at radius 3 is 2.18 bits per heavy atom. The van der Waals surface area contributed by atoms with E-state index in [1.807, 2.05) is 4.90 Å². The molecule has 1 fully saturated rings. The van der Waals surface area contributed by atoms with Crippen molar-refractivity contribution in [2.24, 2.45) is 0 Å². The van der Waals surface area contributed by atoms with E-state index in [4.69, 9.17) is 11.6 Å². The SMILES string of the molecule is O[C@H](c1ccc(F)cc1)C(F)(F)CCN1CCC(O)(c2ccc(Cl)cc2)CC1. The molecule has 0 unspecified atom stereocenters. The number of aliphatic hydroxyl groups is 2. The highest BCUT2D eigenvalue weighted by molar-refractivity contribution is 6.30. The summed E-state index contributed by atoms with van der Waals surface area (Å²) in [7, 11) is 0. The van der Waals surface area contributed by atoms with E-state index in [0.29, 0.717) is 31.0 Å². The lowest BCUT2D eigenvalue weighted by atomic mass is 9.84. The number of hydrogen-bond donors (Lipinski definition) is 2. The van der Waals surface area contributed by atoms with Gasteiger partial charge in [-0.05, 0) is 48.2 Å². The second-order valence-electron chi connectivity index (χ2n) is 7.35. The van der Waals surface area contributed by atoms with Crippen molar-refractivity contribution >= 4 is 11.6 Å². The normalized spacial score (nSPS) is 18.8. The van der Waals surface area contributed by atoms with Gasteiger partial charge in [-0.1, -0.05) is 35.9 Å². The summed E-state index contributed by atoms with van der Waals surface area (Å²) in [5.41, 5.74) is -0.229. The largest absolute Gasteiger partial charge is 0.385 e. The third kappa shape index (κ3) is 4.87. The van der Waals surface area contributed by atoms with E-state index in [9.17, 15) is 23.4 Å². The number of halogens is 4. The molecule has 0 amide bonds. The molecule has 0 aromatic heterocycles. The maximum Gasteiger partial charge on any atom is 0.278 e. The van der Waals surface area contributed by atoms with Crippen LogP contribution < -0.4 is 0 Å². The predicted molar refractivity (Wildman–Crippen MR) is 102 cm³/mol. The number of benzene rings is 2. The van der Waals surface area contributed by atoms with Crippen molar-refractivity contribution in [1.82, 2.24) is 4.90 Å². The van der Waals surface area contributed by atoms with Crippen LogP contribution in [0.2, 0.25) is 5.02 Å². The zero-order valence-corrected chi connectivity index (χ0v) is 16.0. The van der Waals surface area contributed by atoms with Gasteiger partial charge in [0.15, 0.2) is 0 Å². The highest BCUT2D eigenvalue weighted by Crippen LogP contribution is 2.36. The van der Waals surface area contributed by atoms with Gasteiger partial charge in [-0.15, -0.1) is 0 Å². The number of alkyl halides is 2. The Labute approximate surface area is 167 Å². The molecule has 2 N–H and O–H groups in total. The van der Waals surface area contributed by atoms with Gasteiger partial charge in [0.25, 0.3) is 5.92 Å². The van der Waals surface area contributed by atoms with E-state index in [1.54, 1.807) is 24.3 Å². The van der Waals surface area contributed by atoms with Gasteiger partial charge in [-0.25, -0.2) is 13.2 Å². The Morgan fingerprint density at radius 1 is 1.04 bits per heavy atom. The van der Waals surface area contributed by atoms with Crippen LogP contribution in [0.25, 0.3) is 0 Å². The molecule has 152 valence electrons. The maximum atomic E-state index is 14.4. The molecule has 1 atom stereocenters. The van der Waals surface area contributed by atoms with E-state index in [2.05, 4.69) is 0 Å². The number of likely N-dealkylation sites (tertiary alicyclic amines) is 1. The Morgan fingerprint density at radius 2 is 1.61 bits per heavy atom. The first-order chi connectivity index (χ1) is 13.2. The molecular formula is C21H23ClF3NO2. The number of hydrogen-bond acceptors (Lipinski definition) is 3. The Bertz CT molecular complexity index is 775. The van der Waals surface area contributed by atoms with Crippen LogP contribution in [0, 0.1) is 5.82 Å². The van der Waals surface area contributed by atoms with Gasteiger partial charge in [-0.3, -0.25) is 0 Å². The van der Waals surface area contributed by atoms with Crippen LogP contribution in [0.15, 0.2) is 48.5 Å². The smallest absolute Gasteiger partial charge is 0.278 e. The monoisotopic (exact) mass is 413 g/mol. The predicted octanol–water partition coefficient (Wildman–Crippen LogP) is 4.52. The number of aliphatic hydroxyl groups excluding tert-OH is 1. The molecule has 0 spiro atoms. The van der Waals surface area contributed by atoms with Crippen LogP contribution in [-0.4, -0.2) is 40.7 Å². The van der Waals surface area contributed by atoms with Crippen molar-refractivity contribution in [2.75, 3.05) is 19.6 Å². The van der Waals surface area contributed by atoms with Gasteiger partial charge in [0, 0.05) is 31.1 Å². The highest BCUT2D eigenvalue weighted by Gasteiger charge is 2.40. The minimum atomic E-state index is -3.33. The second-order valence-corrected chi connectivity index (χ2v) is 7.78. The lowest BCUT2D eigenvalue weighted by Crippen LogP contribution is -2.44. The minimum Gasteiger partial charge on any atom is -0.385 e. The first kappa shape index (κ1) is 21.1. The molecule has 1 aliphatic heterocycles. The third-order valence-corrected chi connectivity index (χ3v) is 5.66. The number of rotatable bonds is 6. The van der Waals surface area contributed by atoms with Gasteiger partial charge >= 0.3 is 0 Å². The summed E-state index contributed by atoms with van der Waals surface area (Å²) in [6.07, 6.45) is -1.64. The van der Waals surface area contributed by atoms with Gasteiger partial charge in [-0.2, -0.15) is 0 Å². The van der Waals surface area contributed by atoms with Crippen LogP contribution >= 0.6 is 11.6 Å². The molecule has 2 aromatic carbocycles. The lowest BCUT2D eigenvalue weighted by molar-refractivity contribution is -0.122. The quantitative estimate of drug-likeness (QED) is 0.731. The Balaban J connectivity index is 1.54. The Hall–Kier alpha value is -1.60. The first-order valence-corrected chi connectivity index (χ1v) is 9.60. The van der Waals surface area contributed by atoms with E-state index in [0.717, 1.165) is 17.7 Å². The van der Waals surface area contributed by atoms with Crippen molar-refractivity contribution in [3.63, 3.8) is 0 Å². The van der Waals surface area contributed by atoms with Crippen molar-refractivity contribution < 1.29 is 23.4 Å². The molecule has 1 aliphatic rings. The molecule has 3 nitrogen and oxygen atoms in total. The van der Waals surface area contributed by atoms with Crippen LogP contribution in [0.3, 0.4) is 0 Å². The molecule has 3 rings (SSSR count). The molecule has 2 aromatic rings. The Kier molecular flexibility index (Phi) is 6.34. The molecule has 0 bridgehead atoms. The minimum absolute atomic E-state index is 0.0119. The van der Waals surface area contributed by atoms with E-state index < -0.39 is 29.9 Å². The summed E-state index contributed by atoms with van der Waals surface area (Å²) in [6, 6.07) is 11.4. The topological polar surface area (TPSA) is 43.7 Å². The maximum absolute atomic E-state index is 14.4. The summed E-state index contributed by atoms with van der Waals surface area (Å²) in [4.78, 5) is 1.86. The fraction of sp³-hybridized carbons (Fsp3) is 0.429. The van der Waals surface area contributed by atoms with E-state index in [-0.39, 0.29) is 12.1 Å². The summed E-state index contributed by atoms with van der Waals surface area (Å²) in [6.45, 7) is 1.05. The number of piperidine rings is 1. The second kappa shape index (κ2) is 8.41. The molecule has 0 radical (unpaired) electrons. The van der Waals surface area contributed by atoms with Gasteiger partial charge in [0.05, 0.1) is 5.60 Å². The van der Waals surface area contributed by atoms with Crippen molar-refractivity contribution in [3.05, 3.63) is 70.5 Å². The van der Waals surface area contributed by atoms with Crippen molar-refractivity contribution in [3.8, 4) is 0 Å². The first-order valence-electron chi connectivity index (χ1n) is 9.22. The zero-order valence-electron chi connectivity index (χ0n) is 15.3. The fourth-order valence-corrected chi connectivity index (χ4v) is 3.65. The average Bonchev–Trinajstić information content (AvgIpc) is 2.68. The molecule has 0 aliphatic carbocycles. The molecule has 28 heavy (non-hydrogen) atoms. The van der Waals surface area contributed by atoms with Gasteiger partial charge in [0.1, 0.15) is 11.9 Å². The fourth-order valence-electron chi connectivity index (χ4n) is 3.53. The standard InChI is InChI=1S/C21H23ClF3NO2/c22-17-5-3-16(4-6-17)20(28)9-12-26(13-10-20)14-11-21(24,25)19(27)15-1-7-18(23)8-2-15/h1-8,19,27-28H,9-14H2/t19-/m1/s1. The van der Waals surface area contributed by atoms with Crippen LogP contribution in [0.1, 0.15) is 36.5 Å². The molecule has 0 saturated carbocycles. The number of nitrogens with zero attached hydrogens (tertiary/aromatic N) is 1. The van der Waals surface area contributed by atoms with Crippen molar-refractivity contribution in [1.29, 1.82) is 0 Å². The van der Waals surface area contributed by atoms with Gasteiger partial charge < -0.3 is 15.1 Å². The molecule has 1 heterocycles. The third-order valence-electron chi connectivity index (χ3n) is 5.41. The highest BCUT2D eigenvalue weighted by atomic mass is 35.5. The molecule has 1 saturated heterocycles. The average molecular weight is 414 g/mol. The van der Waals surface area contributed by atoms with Crippen LogP contribution in [0.5, 0.6) is 0 Å². The van der Waals surface area contributed by atoms with Crippen LogP contribution in [0.4, 0.5) is 13.2 Å². The summed E-state index contributed by atoms with van der Waals surface area (Å²) in [5, 5.41) is 21.4. The van der Waals surface area contributed by atoms with Crippen molar-refractivity contribution in [2.45, 2.75) is 36.9 Å². The zero-order chi connectivity index (χ0) is 20.4. The lowest BCUT2D eigenvalue weighted by Gasteiger charge is -2.39.